The molecule has 0 radical (unpaired) electrons. The van der Waals surface area contributed by atoms with Gasteiger partial charge in [0.2, 0.25) is 0 Å². The average molecular weight is 434 g/mol. The molecule has 0 amide bonds. The van der Waals surface area contributed by atoms with E-state index in [9.17, 15) is 30.6 Å². The van der Waals surface area contributed by atoms with Gasteiger partial charge in [0.05, 0.1) is 24.9 Å². The van der Waals surface area contributed by atoms with E-state index < -0.39 is 68.0 Å². The molecule has 1 saturated carbocycles. The molecule has 174 valence electrons. The highest BCUT2D eigenvalue weighted by atomic mass is 16.7. The lowest BCUT2D eigenvalue weighted by Crippen LogP contribution is -2.56. The topological polar surface area (TPSA) is 158 Å². The van der Waals surface area contributed by atoms with Crippen molar-refractivity contribution in [1.29, 1.82) is 0 Å². The smallest absolute Gasteiger partial charge is 0.187 e. The van der Waals surface area contributed by atoms with Crippen molar-refractivity contribution in [1.82, 2.24) is 0 Å². The summed E-state index contributed by atoms with van der Waals surface area (Å²) in [6, 6.07) is 0. The van der Waals surface area contributed by atoms with Crippen LogP contribution >= 0.6 is 0 Å². The number of hydrogen-bond donors (Lipinski definition) is 6. The highest BCUT2D eigenvalue weighted by Gasteiger charge is 2.50. The molecule has 30 heavy (non-hydrogen) atoms. The molecule has 2 fully saturated rings. The van der Waals surface area contributed by atoms with Gasteiger partial charge in [0.25, 0.3) is 0 Å². The van der Waals surface area contributed by atoms with Crippen molar-refractivity contribution in [3.05, 3.63) is 11.8 Å². The van der Waals surface area contributed by atoms with Crippen molar-refractivity contribution in [3.8, 4) is 0 Å². The molecule has 3 aliphatic rings. The van der Waals surface area contributed by atoms with Crippen LogP contribution in [0.4, 0.5) is 0 Å². The van der Waals surface area contributed by atoms with Crippen LogP contribution in [0.5, 0.6) is 0 Å². The monoisotopic (exact) mass is 434 g/mol. The van der Waals surface area contributed by atoms with Gasteiger partial charge >= 0.3 is 0 Å². The van der Waals surface area contributed by atoms with Crippen LogP contribution in [0.2, 0.25) is 0 Å². The molecule has 4 unspecified atom stereocenters. The second-order valence-electron chi connectivity index (χ2n) is 8.58. The van der Waals surface area contributed by atoms with Crippen molar-refractivity contribution in [2.24, 2.45) is 11.8 Å². The quantitative estimate of drug-likeness (QED) is 0.312. The minimum atomic E-state index is -1.39. The largest absolute Gasteiger partial charge is 0.510 e. The molecule has 2 heterocycles. The van der Waals surface area contributed by atoms with Gasteiger partial charge in [0.1, 0.15) is 36.3 Å². The second kappa shape index (κ2) is 9.76. The fourth-order valence-electron chi connectivity index (χ4n) is 4.46. The van der Waals surface area contributed by atoms with Crippen LogP contribution in [-0.2, 0) is 18.9 Å². The Labute approximate surface area is 175 Å². The number of aliphatic hydroxyl groups excluding tert-OH is 6. The molecule has 3 rings (SSSR count). The van der Waals surface area contributed by atoms with Crippen LogP contribution in [0, 0.1) is 11.8 Å². The van der Waals surface area contributed by atoms with Gasteiger partial charge < -0.3 is 49.6 Å². The van der Waals surface area contributed by atoms with Crippen molar-refractivity contribution >= 4 is 0 Å². The predicted octanol–water partition coefficient (Wildman–Crippen LogP) is -0.830. The number of hydrogen-bond acceptors (Lipinski definition) is 10. The van der Waals surface area contributed by atoms with E-state index in [0.29, 0.717) is 12.8 Å². The lowest BCUT2D eigenvalue weighted by molar-refractivity contribution is -0.286. The van der Waals surface area contributed by atoms with Crippen LogP contribution in [-0.4, -0.2) is 98.7 Å². The Kier molecular flexibility index (Phi) is 7.76. The SMILES string of the molecule is CCC1O[C@H](O[C@@H]2C(C)C[C@@H](C)[C@@H](O)C2O[C@@H]2O[C@H](CO)C(O)[C@@H]2O)C=C(O)[C@@H]1O. The van der Waals surface area contributed by atoms with E-state index in [2.05, 4.69) is 0 Å². The average Bonchev–Trinajstić information content (AvgIpc) is 2.98. The zero-order valence-corrected chi connectivity index (χ0v) is 17.4. The van der Waals surface area contributed by atoms with E-state index in [4.69, 9.17) is 18.9 Å². The van der Waals surface area contributed by atoms with Gasteiger partial charge in [-0.05, 0) is 24.7 Å². The zero-order chi connectivity index (χ0) is 22.2. The third-order valence-corrected chi connectivity index (χ3v) is 6.30. The first kappa shape index (κ1) is 23.8. The van der Waals surface area contributed by atoms with Crippen LogP contribution in [0.25, 0.3) is 0 Å². The maximum atomic E-state index is 10.8. The first-order valence-corrected chi connectivity index (χ1v) is 10.5. The number of aliphatic hydroxyl groups is 6. The van der Waals surface area contributed by atoms with Crippen LogP contribution in [0.15, 0.2) is 11.8 Å². The van der Waals surface area contributed by atoms with Crippen molar-refractivity contribution in [3.63, 3.8) is 0 Å². The van der Waals surface area contributed by atoms with E-state index in [-0.39, 0.29) is 17.6 Å². The molecule has 0 aromatic rings. The van der Waals surface area contributed by atoms with Gasteiger partial charge in [-0.15, -0.1) is 0 Å². The summed E-state index contributed by atoms with van der Waals surface area (Å²) in [5.74, 6) is -0.434. The molecule has 0 aromatic heterocycles. The lowest BCUT2D eigenvalue weighted by atomic mass is 9.77. The van der Waals surface area contributed by atoms with Crippen LogP contribution < -0.4 is 0 Å². The van der Waals surface area contributed by atoms with Gasteiger partial charge in [-0.25, -0.2) is 0 Å². The number of ether oxygens (including phenoxy) is 4. The Morgan fingerprint density at radius 2 is 1.63 bits per heavy atom. The Balaban J connectivity index is 1.77. The minimum Gasteiger partial charge on any atom is -0.510 e. The fraction of sp³-hybridized carbons (Fsp3) is 0.900. The normalized spacial score (nSPS) is 49.8. The van der Waals surface area contributed by atoms with E-state index in [1.807, 2.05) is 20.8 Å². The summed E-state index contributed by atoms with van der Waals surface area (Å²) < 4.78 is 23.0. The minimum absolute atomic E-state index is 0.0726. The summed E-state index contributed by atoms with van der Waals surface area (Å²) >= 11 is 0. The van der Waals surface area contributed by atoms with E-state index in [1.54, 1.807) is 0 Å². The highest BCUT2D eigenvalue weighted by molar-refractivity contribution is 5.07. The standard InChI is InChI=1S/C20H34O10/c1-4-11-15(24)10(22)6-13(27-11)29-18-9(3)5-8(2)14(23)19(18)30-20-17(26)16(25)12(7-21)28-20/h6,8-9,11-26H,4-5,7H2,1-3H3/t8-,9?,11?,12-,13-,14-,15+,16?,17+,18-,19?,20+/m1/s1. The Morgan fingerprint density at radius 3 is 2.23 bits per heavy atom. The summed E-state index contributed by atoms with van der Waals surface area (Å²) in [4.78, 5) is 0. The van der Waals surface area contributed by atoms with E-state index >= 15 is 0 Å². The number of rotatable bonds is 6. The molecule has 10 nitrogen and oxygen atoms in total. The molecule has 1 aliphatic carbocycles. The summed E-state index contributed by atoms with van der Waals surface area (Å²) in [7, 11) is 0. The maximum Gasteiger partial charge on any atom is 0.187 e. The molecule has 0 aromatic carbocycles. The lowest BCUT2D eigenvalue weighted by Gasteiger charge is -2.45. The Bertz CT molecular complexity index is 600. The first-order valence-electron chi connectivity index (χ1n) is 10.5. The van der Waals surface area contributed by atoms with E-state index in [0.717, 1.165) is 0 Å². The summed E-state index contributed by atoms with van der Waals surface area (Å²) in [6.07, 6.45) is -7.84. The van der Waals surface area contributed by atoms with Crippen molar-refractivity contribution in [2.75, 3.05) is 6.61 Å². The Morgan fingerprint density at radius 1 is 0.933 bits per heavy atom. The van der Waals surface area contributed by atoms with Gasteiger partial charge in [-0.1, -0.05) is 20.8 Å². The molecule has 0 bridgehead atoms. The molecule has 0 spiro atoms. The van der Waals surface area contributed by atoms with Gasteiger partial charge in [0, 0.05) is 6.08 Å². The maximum absolute atomic E-state index is 10.8. The van der Waals surface area contributed by atoms with Gasteiger partial charge in [0.15, 0.2) is 12.6 Å². The van der Waals surface area contributed by atoms with Crippen molar-refractivity contribution in [2.45, 2.75) is 95.0 Å². The van der Waals surface area contributed by atoms with Gasteiger partial charge in [-0.2, -0.15) is 0 Å². The third kappa shape index (κ3) is 4.67. The van der Waals surface area contributed by atoms with Gasteiger partial charge in [-0.3, -0.25) is 0 Å². The molecule has 1 saturated heterocycles. The molecule has 10 heteroatoms. The summed E-state index contributed by atoms with van der Waals surface area (Å²) in [5.41, 5.74) is 0. The van der Waals surface area contributed by atoms with Crippen molar-refractivity contribution < 1.29 is 49.6 Å². The molecule has 2 aliphatic heterocycles. The second-order valence-corrected chi connectivity index (χ2v) is 8.58. The zero-order valence-electron chi connectivity index (χ0n) is 17.4. The molecule has 6 N–H and O–H groups in total. The predicted molar refractivity (Wildman–Crippen MR) is 102 cm³/mol. The van der Waals surface area contributed by atoms with Crippen LogP contribution in [0.1, 0.15) is 33.6 Å². The summed E-state index contributed by atoms with van der Waals surface area (Å²) in [6.45, 7) is 5.13. The molecule has 12 atom stereocenters. The highest BCUT2D eigenvalue weighted by Crippen LogP contribution is 2.37. The Hall–Kier alpha value is -0.820. The first-order chi connectivity index (χ1) is 14.2. The fourth-order valence-corrected chi connectivity index (χ4v) is 4.46. The van der Waals surface area contributed by atoms with Crippen LogP contribution in [0.3, 0.4) is 0 Å². The van der Waals surface area contributed by atoms with E-state index in [1.165, 1.54) is 6.08 Å². The molecular formula is C20H34O10. The summed E-state index contributed by atoms with van der Waals surface area (Å²) in [5, 5.41) is 60.3. The third-order valence-electron chi connectivity index (χ3n) is 6.30. The molecular weight excluding hydrogens is 400 g/mol.